The lowest BCUT2D eigenvalue weighted by molar-refractivity contribution is 1.48. The average Bonchev–Trinajstić information content (AvgIpc) is 2.32. The van der Waals surface area contributed by atoms with E-state index in [1.54, 1.807) is 0 Å². The van der Waals surface area contributed by atoms with E-state index in [1.165, 1.54) is 0 Å². The van der Waals surface area contributed by atoms with E-state index in [0.717, 1.165) is 10.5 Å². The van der Waals surface area contributed by atoms with Crippen molar-refractivity contribution in [3.05, 3.63) is 66.2 Å². The van der Waals surface area contributed by atoms with Crippen LogP contribution < -0.4 is 0 Å². The van der Waals surface area contributed by atoms with E-state index < -0.39 is 0 Å². The molecule has 0 amide bonds. The van der Waals surface area contributed by atoms with Crippen molar-refractivity contribution in [1.82, 2.24) is 0 Å². The molecule has 0 aromatic heterocycles. The molecule has 0 atom stereocenters. The second kappa shape index (κ2) is 6.75. The van der Waals surface area contributed by atoms with Crippen molar-refractivity contribution in [1.29, 1.82) is 0 Å². The zero-order chi connectivity index (χ0) is 10.9. The number of rotatable bonds is 0. The molecule has 15 heavy (non-hydrogen) atoms. The van der Waals surface area contributed by atoms with Gasteiger partial charge in [0.15, 0.2) is 0 Å². The van der Waals surface area contributed by atoms with Crippen LogP contribution >= 0.6 is 12.6 Å². The molecule has 1 heteroatoms. The van der Waals surface area contributed by atoms with Crippen molar-refractivity contribution in [3.63, 3.8) is 0 Å². The number of thiol groups is 1. The molecule has 2 aromatic rings. The maximum atomic E-state index is 5.10. The Morgan fingerprint density at radius 1 is 0.800 bits per heavy atom. The quantitative estimate of drug-likeness (QED) is 0.500. The summed E-state index contributed by atoms with van der Waals surface area (Å²) in [5, 5.41) is 0. The first-order chi connectivity index (χ1) is 7.33. The van der Waals surface area contributed by atoms with E-state index in [2.05, 4.69) is 18.5 Å². The largest absolute Gasteiger partial charge is 0.143 e. The van der Waals surface area contributed by atoms with Crippen LogP contribution in [0.1, 0.15) is 5.56 Å². The molecule has 0 spiro atoms. The normalized spacial score (nSPS) is 8.27. The Morgan fingerprint density at radius 3 is 1.53 bits per heavy atom. The molecule has 0 nitrogen and oxygen atoms in total. The monoisotopic (exact) mass is 212 g/mol. The van der Waals surface area contributed by atoms with E-state index in [1.807, 2.05) is 60.7 Å². The maximum absolute atomic E-state index is 5.10. The lowest BCUT2D eigenvalue weighted by atomic mass is 10.2. The van der Waals surface area contributed by atoms with Gasteiger partial charge in [0, 0.05) is 10.5 Å². The van der Waals surface area contributed by atoms with Crippen molar-refractivity contribution in [2.24, 2.45) is 0 Å². The molecule has 0 saturated carbocycles. The molecular weight excluding hydrogens is 200 g/mol. The summed E-state index contributed by atoms with van der Waals surface area (Å²) in [7, 11) is 0. The van der Waals surface area contributed by atoms with Gasteiger partial charge in [-0.15, -0.1) is 19.1 Å². The Hall–Kier alpha value is -1.65. The summed E-state index contributed by atoms with van der Waals surface area (Å²) in [5.41, 5.74) is 0.938. The van der Waals surface area contributed by atoms with Crippen LogP contribution in [0.4, 0.5) is 0 Å². The first kappa shape index (κ1) is 11.4. The Bertz CT molecular complexity index is 412. The van der Waals surface area contributed by atoms with Crippen LogP contribution in [0.25, 0.3) is 0 Å². The molecule has 74 valence electrons. The van der Waals surface area contributed by atoms with Gasteiger partial charge >= 0.3 is 0 Å². The summed E-state index contributed by atoms with van der Waals surface area (Å²) in [6, 6.07) is 19.4. The maximum Gasteiger partial charge on any atom is 0.0242 e. The molecule has 0 bridgehead atoms. The van der Waals surface area contributed by atoms with Crippen LogP contribution in [0.5, 0.6) is 0 Å². The minimum atomic E-state index is 0.938. The van der Waals surface area contributed by atoms with Gasteiger partial charge in [-0.3, -0.25) is 0 Å². The number of hydrogen-bond donors (Lipinski definition) is 1. The third kappa shape index (κ3) is 4.95. The average molecular weight is 212 g/mol. The summed E-state index contributed by atoms with van der Waals surface area (Å²) in [5.74, 6) is 2.53. The van der Waals surface area contributed by atoms with Gasteiger partial charge in [-0.1, -0.05) is 42.3 Å². The zero-order valence-electron chi connectivity index (χ0n) is 8.30. The minimum Gasteiger partial charge on any atom is -0.143 e. The molecule has 0 heterocycles. The van der Waals surface area contributed by atoms with Gasteiger partial charge in [-0.05, 0) is 24.3 Å². The topological polar surface area (TPSA) is 0 Å². The number of hydrogen-bond acceptors (Lipinski definition) is 1. The molecule has 0 fully saturated rings. The summed E-state index contributed by atoms with van der Waals surface area (Å²) in [6.45, 7) is 0. The predicted molar refractivity (Wildman–Crippen MR) is 68.1 cm³/mol. The second-order valence-corrected chi connectivity index (χ2v) is 3.36. The third-order valence-electron chi connectivity index (χ3n) is 1.70. The second-order valence-electron chi connectivity index (χ2n) is 2.85. The Morgan fingerprint density at radius 2 is 1.27 bits per heavy atom. The fourth-order valence-corrected chi connectivity index (χ4v) is 1.13. The lowest BCUT2D eigenvalue weighted by Crippen LogP contribution is -1.66. The highest BCUT2D eigenvalue weighted by molar-refractivity contribution is 7.80. The predicted octanol–water partition coefficient (Wildman–Crippen LogP) is 3.64. The molecule has 0 radical (unpaired) electrons. The molecule has 0 aliphatic rings. The molecule has 0 unspecified atom stereocenters. The molecule has 0 aliphatic heterocycles. The van der Waals surface area contributed by atoms with E-state index in [0.29, 0.717) is 0 Å². The zero-order valence-corrected chi connectivity index (χ0v) is 9.19. The third-order valence-corrected chi connectivity index (χ3v) is 1.99. The van der Waals surface area contributed by atoms with E-state index in [4.69, 9.17) is 6.42 Å². The summed E-state index contributed by atoms with van der Waals surface area (Å²) in [6.07, 6.45) is 5.10. The Kier molecular flexibility index (Phi) is 5.14. The Balaban J connectivity index is 0.000000151. The van der Waals surface area contributed by atoms with E-state index in [9.17, 15) is 0 Å². The van der Waals surface area contributed by atoms with Gasteiger partial charge in [-0.2, -0.15) is 0 Å². The van der Waals surface area contributed by atoms with Gasteiger partial charge in [0.2, 0.25) is 0 Å². The van der Waals surface area contributed by atoms with Gasteiger partial charge in [-0.25, -0.2) is 0 Å². The highest BCUT2D eigenvalue weighted by Gasteiger charge is 1.76. The number of terminal acetylenes is 1. The lowest BCUT2D eigenvalue weighted by Gasteiger charge is -1.82. The first-order valence-corrected chi connectivity index (χ1v) is 5.03. The molecular formula is C14H12S. The van der Waals surface area contributed by atoms with E-state index >= 15 is 0 Å². The van der Waals surface area contributed by atoms with Gasteiger partial charge < -0.3 is 0 Å². The fourth-order valence-electron chi connectivity index (χ4n) is 0.962. The first-order valence-electron chi connectivity index (χ1n) is 4.58. The smallest absolute Gasteiger partial charge is 0.0242 e. The Labute approximate surface area is 96.4 Å². The van der Waals surface area contributed by atoms with Crippen molar-refractivity contribution >= 4 is 12.6 Å². The molecule has 2 rings (SSSR count). The highest BCUT2D eigenvalue weighted by Crippen LogP contribution is 2.00. The van der Waals surface area contributed by atoms with Crippen molar-refractivity contribution in [3.8, 4) is 12.3 Å². The van der Waals surface area contributed by atoms with Crippen molar-refractivity contribution in [2.45, 2.75) is 4.90 Å². The molecule has 0 aliphatic carbocycles. The minimum absolute atomic E-state index is 0.938. The fraction of sp³-hybridized carbons (Fsp3) is 0. The van der Waals surface area contributed by atoms with Crippen LogP contribution in [0.15, 0.2) is 65.6 Å². The molecule has 0 N–H and O–H groups in total. The summed E-state index contributed by atoms with van der Waals surface area (Å²) in [4.78, 5) is 1.02. The highest BCUT2D eigenvalue weighted by atomic mass is 32.1. The van der Waals surface area contributed by atoms with Crippen LogP contribution in [0.3, 0.4) is 0 Å². The van der Waals surface area contributed by atoms with Crippen LogP contribution in [0, 0.1) is 12.3 Å². The summed E-state index contributed by atoms with van der Waals surface area (Å²) < 4.78 is 0. The van der Waals surface area contributed by atoms with Crippen molar-refractivity contribution < 1.29 is 0 Å². The molecule has 0 saturated heterocycles. The van der Waals surface area contributed by atoms with Gasteiger partial charge in [0.25, 0.3) is 0 Å². The SMILES string of the molecule is C#Cc1ccccc1.Sc1ccccc1. The van der Waals surface area contributed by atoms with Crippen LogP contribution in [0.2, 0.25) is 0 Å². The van der Waals surface area contributed by atoms with Crippen LogP contribution in [-0.4, -0.2) is 0 Å². The van der Waals surface area contributed by atoms with Crippen molar-refractivity contribution in [2.75, 3.05) is 0 Å². The standard InChI is InChI=1S/C8H6.C6H6S/c1-2-8-6-4-3-5-7-8;7-6-4-2-1-3-5-6/h1,3-7H;1-5,7H. The van der Waals surface area contributed by atoms with Gasteiger partial charge in [0.1, 0.15) is 0 Å². The van der Waals surface area contributed by atoms with E-state index in [-0.39, 0.29) is 0 Å². The summed E-state index contributed by atoms with van der Waals surface area (Å²) >= 11 is 4.08. The van der Waals surface area contributed by atoms with Gasteiger partial charge in [0.05, 0.1) is 0 Å². The number of benzene rings is 2. The molecule has 2 aromatic carbocycles. The van der Waals surface area contributed by atoms with Crippen LogP contribution in [-0.2, 0) is 0 Å².